The van der Waals surface area contributed by atoms with Crippen LogP contribution in [0.25, 0.3) is 0 Å². The number of halogens is 2. The van der Waals surface area contributed by atoms with Crippen molar-refractivity contribution >= 4 is 35.0 Å². The molecular weight excluding hydrogens is 447 g/mol. The van der Waals surface area contributed by atoms with Crippen molar-refractivity contribution in [3.63, 3.8) is 0 Å². The summed E-state index contributed by atoms with van der Waals surface area (Å²) in [6.45, 7) is 1.92. The molecule has 0 heterocycles. The lowest BCUT2D eigenvalue weighted by atomic mass is 9.95. The fraction of sp³-hybridized carbons (Fsp3) is 0.440. The Labute approximate surface area is 200 Å². The van der Waals surface area contributed by atoms with E-state index in [0.29, 0.717) is 15.6 Å². The zero-order valence-corrected chi connectivity index (χ0v) is 20.1. The second kappa shape index (κ2) is 11.6. The van der Waals surface area contributed by atoms with Crippen molar-refractivity contribution in [2.75, 3.05) is 7.11 Å². The molecule has 1 aliphatic carbocycles. The Morgan fingerprint density at radius 1 is 1.06 bits per heavy atom. The van der Waals surface area contributed by atoms with E-state index in [1.54, 1.807) is 37.1 Å². The minimum atomic E-state index is -0.657. The van der Waals surface area contributed by atoms with Crippen LogP contribution in [0.5, 0.6) is 5.75 Å². The Morgan fingerprint density at radius 3 is 2.28 bits per heavy atom. The third-order valence-electron chi connectivity index (χ3n) is 6.02. The van der Waals surface area contributed by atoms with Crippen LogP contribution in [0.3, 0.4) is 0 Å². The van der Waals surface area contributed by atoms with Gasteiger partial charge in [0.25, 0.3) is 0 Å². The smallest absolute Gasteiger partial charge is 0.242 e. The summed E-state index contributed by atoms with van der Waals surface area (Å²) in [7, 11) is 1.60. The molecule has 1 N–H and O–H groups in total. The molecule has 1 saturated carbocycles. The van der Waals surface area contributed by atoms with E-state index in [1.165, 1.54) is 6.42 Å². The average Bonchev–Trinajstić information content (AvgIpc) is 2.79. The third-order valence-corrected chi connectivity index (χ3v) is 6.73. The van der Waals surface area contributed by atoms with E-state index in [0.717, 1.165) is 37.0 Å². The van der Waals surface area contributed by atoms with Crippen LogP contribution in [0.15, 0.2) is 42.5 Å². The van der Waals surface area contributed by atoms with Gasteiger partial charge in [0.2, 0.25) is 11.8 Å². The van der Waals surface area contributed by atoms with Gasteiger partial charge in [0, 0.05) is 28.2 Å². The lowest BCUT2D eigenvalue weighted by Crippen LogP contribution is -2.50. The van der Waals surface area contributed by atoms with Gasteiger partial charge in [-0.05, 0) is 49.6 Å². The summed E-state index contributed by atoms with van der Waals surface area (Å²) in [5.74, 6) is 0.404. The normalized spacial score (nSPS) is 15.1. The van der Waals surface area contributed by atoms with E-state index in [-0.39, 0.29) is 30.8 Å². The lowest BCUT2D eigenvalue weighted by molar-refractivity contribution is -0.140. The van der Waals surface area contributed by atoms with E-state index in [1.807, 2.05) is 24.3 Å². The molecule has 0 spiro atoms. The molecule has 2 aromatic carbocycles. The quantitative estimate of drug-likeness (QED) is 0.553. The number of ether oxygens (including phenoxy) is 1. The largest absolute Gasteiger partial charge is 0.497 e. The molecule has 0 radical (unpaired) electrons. The second-order valence-corrected chi connectivity index (χ2v) is 9.08. The standard InChI is InChI=1S/C25H30Cl2N2O3/c1-17(25(31)28-19-7-4-3-5-8-19)29(16-21-22(26)9-6-10-23(21)27)24(30)15-18-11-13-20(32-2)14-12-18/h6,9-14,17,19H,3-5,7-8,15-16H2,1-2H3,(H,28,31)/t17-/m0/s1. The number of nitrogens with one attached hydrogen (secondary N) is 1. The molecule has 2 amide bonds. The van der Waals surface area contributed by atoms with Crippen molar-refractivity contribution in [2.45, 2.75) is 64.1 Å². The number of hydrogen-bond acceptors (Lipinski definition) is 3. The summed E-state index contributed by atoms with van der Waals surface area (Å²) in [4.78, 5) is 28.0. The highest BCUT2D eigenvalue weighted by Gasteiger charge is 2.29. The number of hydrogen-bond donors (Lipinski definition) is 1. The maximum absolute atomic E-state index is 13.4. The number of methoxy groups -OCH3 is 1. The molecule has 2 aromatic rings. The maximum atomic E-state index is 13.4. The monoisotopic (exact) mass is 476 g/mol. The van der Waals surface area contributed by atoms with Gasteiger partial charge in [0.15, 0.2) is 0 Å². The predicted octanol–water partition coefficient (Wildman–Crippen LogP) is 5.41. The molecule has 0 saturated heterocycles. The number of carbonyl (C=O) groups excluding carboxylic acids is 2. The molecule has 0 unspecified atom stereocenters. The number of amides is 2. The second-order valence-electron chi connectivity index (χ2n) is 8.27. The number of rotatable bonds is 8. The summed E-state index contributed by atoms with van der Waals surface area (Å²) in [6, 6.07) is 12.1. The van der Waals surface area contributed by atoms with Crippen LogP contribution in [0.1, 0.15) is 50.2 Å². The number of nitrogens with zero attached hydrogens (tertiary/aromatic N) is 1. The van der Waals surface area contributed by atoms with E-state index >= 15 is 0 Å². The minimum absolute atomic E-state index is 0.150. The van der Waals surface area contributed by atoms with E-state index in [9.17, 15) is 9.59 Å². The van der Waals surface area contributed by atoms with Crippen molar-refractivity contribution in [3.05, 3.63) is 63.6 Å². The molecule has 0 aromatic heterocycles. The lowest BCUT2D eigenvalue weighted by Gasteiger charge is -2.31. The van der Waals surface area contributed by atoms with Crippen molar-refractivity contribution in [2.24, 2.45) is 0 Å². The van der Waals surface area contributed by atoms with Gasteiger partial charge in [-0.15, -0.1) is 0 Å². The number of benzene rings is 2. The van der Waals surface area contributed by atoms with Gasteiger partial charge in [-0.2, -0.15) is 0 Å². The van der Waals surface area contributed by atoms with Crippen LogP contribution >= 0.6 is 23.2 Å². The first-order valence-electron chi connectivity index (χ1n) is 11.0. The summed E-state index contributed by atoms with van der Waals surface area (Å²) in [5, 5.41) is 4.08. The predicted molar refractivity (Wildman–Crippen MR) is 128 cm³/mol. The van der Waals surface area contributed by atoms with Gasteiger partial charge >= 0.3 is 0 Å². The summed E-state index contributed by atoms with van der Waals surface area (Å²) >= 11 is 12.7. The highest BCUT2D eigenvalue weighted by molar-refractivity contribution is 6.36. The summed E-state index contributed by atoms with van der Waals surface area (Å²) in [5.41, 5.74) is 1.47. The Morgan fingerprint density at radius 2 is 1.69 bits per heavy atom. The van der Waals surface area contributed by atoms with Crippen molar-refractivity contribution in [3.8, 4) is 5.75 Å². The SMILES string of the molecule is COc1ccc(CC(=O)N(Cc2c(Cl)cccc2Cl)[C@@H](C)C(=O)NC2CCCCC2)cc1. The van der Waals surface area contributed by atoms with Gasteiger partial charge in [-0.3, -0.25) is 9.59 Å². The van der Waals surface area contributed by atoms with Gasteiger partial charge in [0.1, 0.15) is 11.8 Å². The van der Waals surface area contributed by atoms with Crippen molar-refractivity contribution in [1.29, 1.82) is 0 Å². The van der Waals surface area contributed by atoms with Gasteiger partial charge in [-0.1, -0.05) is 60.7 Å². The van der Waals surface area contributed by atoms with Gasteiger partial charge < -0.3 is 15.0 Å². The summed E-state index contributed by atoms with van der Waals surface area (Å²) < 4.78 is 5.19. The Hall–Kier alpha value is -2.24. The van der Waals surface area contributed by atoms with Crippen LogP contribution in [-0.2, 0) is 22.6 Å². The fourth-order valence-corrected chi connectivity index (χ4v) is 4.54. The molecule has 0 bridgehead atoms. The van der Waals surface area contributed by atoms with E-state index < -0.39 is 6.04 Å². The first-order chi connectivity index (χ1) is 15.4. The molecule has 1 fully saturated rings. The number of carbonyl (C=O) groups is 2. The zero-order chi connectivity index (χ0) is 23.1. The molecule has 5 nitrogen and oxygen atoms in total. The van der Waals surface area contributed by atoms with Crippen LogP contribution in [0.4, 0.5) is 0 Å². The molecule has 172 valence electrons. The molecule has 32 heavy (non-hydrogen) atoms. The van der Waals surface area contributed by atoms with Crippen LogP contribution < -0.4 is 10.1 Å². The highest BCUT2D eigenvalue weighted by Crippen LogP contribution is 2.27. The zero-order valence-electron chi connectivity index (χ0n) is 18.6. The van der Waals surface area contributed by atoms with E-state index in [4.69, 9.17) is 27.9 Å². The van der Waals surface area contributed by atoms with Crippen LogP contribution in [0, 0.1) is 0 Å². The molecule has 1 atom stereocenters. The molecule has 1 aliphatic rings. The Kier molecular flexibility index (Phi) is 8.83. The topological polar surface area (TPSA) is 58.6 Å². The fourth-order valence-electron chi connectivity index (χ4n) is 4.02. The van der Waals surface area contributed by atoms with Crippen LogP contribution in [0.2, 0.25) is 10.0 Å². The molecular formula is C25H30Cl2N2O3. The van der Waals surface area contributed by atoms with Crippen molar-refractivity contribution in [1.82, 2.24) is 10.2 Å². The minimum Gasteiger partial charge on any atom is -0.497 e. The van der Waals surface area contributed by atoms with Gasteiger partial charge in [-0.25, -0.2) is 0 Å². The molecule has 0 aliphatic heterocycles. The first-order valence-corrected chi connectivity index (χ1v) is 11.8. The molecule has 7 heteroatoms. The maximum Gasteiger partial charge on any atom is 0.242 e. The molecule has 3 rings (SSSR count). The average molecular weight is 477 g/mol. The first kappa shape index (κ1) is 24.4. The van der Waals surface area contributed by atoms with Crippen molar-refractivity contribution < 1.29 is 14.3 Å². The highest BCUT2D eigenvalue weighted by atomic mass is 35.5. The summed E-state index contributed by atoms with van der Waals surface area (Å²) in [6.07, 6.45) is 5.57. The third kappa shape index (κ3) is 6.39. The van der Waals surface area contributed by atoms with Gasteiger partial charge in [0.05, 0.1) is 13.5 Å². The van der Waals surface area contributed by atoms with E-state index in [2.05, 4.69) is 5.32 Å². The Balaban J connectivity index is 1.80. The Bertz CT molecular complexity index is 907. The van der Waals surface area contributed by atoms with Crippen LogP contribution in [-0.4, -0.2) is 35.9 Å².